The van der Waals surface area contributed by atoms with Crippen LogP contribution in [0.4, 0.5) is 5.13 Å². The molecule has 0 saturated carbocycles. The summed E-state index contributed by atoms with van der Waals surface area (Å²) in [6.07, 6.45) is 0.997. The molecule has 0 unspecified atom stereocenters. The van der Waals surface area contributed by atoms with Gasteiger partial charge in [-0.2, -0.15) is 8.42 Å². The number of hydrogen-bond acceptors (Lipinski definition) is 15. The summed E-state index contributed by atoms with van der Waals surface area (Å²) in [5.41, 5.74) is 2.30. The van der Waals surface area contributed by atoms with Crippen molar-refractivity contribution in [1.82, 2.24) is 30.1 Å². The number of carbonyl (C=O) groups is 4. The van der Waals surface area contributed by atoms with Crippen LogP contribution in [0.2, 0.25) is 0 Å². The largest absolute Gasteiger partial charge is 0.503 e. The van der Waals surface area contributed by atoms with E-state index in [1.165, 1.54) is 5.38 Å². The first-order valence-corrected chi connectivity index (χ1v) is 14.3. The van der Waals surface area contributed by atoms with E-state index in [1.54, 1.807) is 0 Å². The molecule has 3 amide bonds. The fourth-order valence-corrected chi connectivity index (χ4v) is 5.00. The minimum atomic E-state index is -5.15. The summed E-state index contributed by atoms with van der Waals surface area (Å²) >= 11 is 0.900. The number of anilines is 1. The number of aromatic hydroxyl groups is 1. The Balaban J connectivity index is 1.52. The number of rotatable bonds is 11. The molecule has 1 aliphatic heterocycles. The quantitative estimate of drug-likeness (QED) is 0.0524. The standard InChI is InChI=1S/C22H22N8O12S2/c1-22(2,20(36)37)42-29-15(10-7-43-21(23)26-10)18(34)27-16-11(30(19(16)35)44(38,39)40)5-25-17(33)14-4-9(28-41-14)8-3-12(31)13(32)6-24-8/h3-4,6-7,11,16,32H,5H2,1-2H3,(H2,23,26)(H,24,31)(H,25,33)(H,27,34)(H,36,37)(H,38,39,40)/t11-,16+/m1/s1. The van der Waals surface area contributed by atoms with Crippen molar-refractivity contribution >= 4 is 56.2 Å². The van der Waals surface area contributed by atoms with Gasteiger partial charge in [-0.15, -0.1) is 11.3 Å². The maximum atomic E-state index is 13.2. The number of hydrogen-bond donors (Lipinski definition) is 7. The van der Waals surface area contributed by atoms with Crippen LogP contribution in [0.15, 0.2) is 38.2 Å². The Kier molecular flexibility index (Phi) is 8.42. The van der Waals surface area contributed by atoms with E-state index in [9.17, 15) is 47.2 Å². The van der Waals surface area contributed by atoms with Crippen molar-refractivity contribution in [2.45, 2.75) is 31.5 Å². The molecule has 0 bridgehead atoms. The van der Waals surface area contributed by atoms with E-state index >= 15 is 0 Å². The Morgan fingerprint density at radius 1 is 1.30 bits per heavy atom. The van der Waals surface area contributed by atoms with Gasteiger partial charge in [-0.3, -0.25) is 23.7 Å². The van der Waals surface area contributed by atoms with Crippen LogP contribution in [-0.2, 0) is 29.5 Å². The number of nitrogens with two attached hydrogens (primary N) is 1. The zero-order valence-corrected chi connectivity index (χ0v) is 24.0. The number of aromatic nitrogens is 3. The van der Waals surface area contributed by atoms with E-state index < -0.39 is 80.9 Å². The van der Waals surface area contributed by atoms with Crippen LogP contribution in [0.3, 0.4) is 0 Å². The van der Waals surface area contributed by atoms with Gasteiger partial charge in [0.15, 0.2) is 16.6 Å². The molecule has 3 aromatic heterocycles. The zero-order chi connectivity index (χ0) is 32.6. The molecule has 44 heavy (non-hydrogen) atoms. The van der Waals surface area contributed by atoms with Gasteiger partial charge in [0.25, 0.3) is 17.7 Å². The van der Waals surface area contributed by atoms with Crippen LogP contribution in [-0.4, -0.2) is 96.2 Å². The number of aromatic amines is 1. The van der Waals surface area contributed by atoms with Crippen LogP contribution in [0.25, 0.3) is 11.4 Å². The molecule has 0 spiro atoms. The molecule has 0 radical (unpaired) electrons. The Bertz CT molecular complexity index is 1840. The molecule has 4 rings (SSSR count). The number of amides is 3. The van der Waals surface area contributed by atoms with E-state index in [0.717, 1.165) is 43.5 Å². The number of nitrogens with zero attached hydrogens (tertiary/aromatic N) is 4. The number of carbonyl (C=O) groups excluding carboxylic acids is 3. The number of nitrogen functional groups attached to an aromatic ring is 1. The molecule has 22 heteroatoms. The molecule has 0 aliphatic carbocycles. The molecule has 3 aromatic rings. The lowest BCUT2D eigenvalue weighted by Gasteiger charge is -2.44. The lowest BCUT2D eigenvalue weighted by Crippen LogP contribution is -2.74. The van der Waals surface area contributed by atoms with Gasteiger partial charge in [0.1, 0.15) is 17.4 Å². The fraction of sp³-hybridized carbons (Fsp3) is 0.273. The molecular formula is C22H22N8O12S2. The second-order valence-electron chi connectivity index (χ2n) is 9.43. The molecule has 2 atom stereocenters. The highest BCUT2D eigenvalue weighted by molar-refractivity contribution is 7.84. The number of nitrogens with one attached hydrogen (secondary N) is 3. The third-order valence-electron chi connectivity index (χ3n) is 5.94. The number of thiazole rings is 1. The van der Waals surface area contributed by atoms with Crippen LogP contribution in [0.1, 0.15) is 30.1 Å². The molecule has 234 valence electrons. The third-order valence-corrected chi connectivity index (χ3v) is 7.56. The summed E-state index contributed by atoms with van der Waals surface area (Å²) in [7, 11) is -5.15. The van der Waals surface area contributed by atoms with Gasteiger partial charge in [-0.05, 0) is 13.8 Å². The second kappa shape index (κ2) is 11.7. The number of carboxylic acid groups (broad SMARTS) is 1. The first kappa shape index (κ1) is 31.6. The molecular weight excluding hydrogens is 632 g/mol. The highest BCUT2D eigenvalue weighted by Crippen LogP contribution is 2.24. The average Bonchev–Trinajstić information content (AvgIpc) is 3.60. The first-order chi connectivity index (χ1) is 20.5. The molecule has 1 aliphatic rings. The van der Waals surface area contributed by atoms with Crippen LogP contribution >= 0.6 is 11.3 Å². The van der Waals surface area contributed by atoms with E-state index in [0.29, 0.717) is 0 Å². The van der Waals surface area contributed by atoms with Gasteiger partial charge in [0.05, 0.1) is 11.7 Å². The van der Waals surface area contributed by atoms with E-state index in [-0.39, 0.29) is 26.5 Å². The van der Waals surface area contributed by atoms with Crippen LogP contribution in [0, 0.1) is 0 Å². The van der Waals surface area contributed by atoms with Gasteiger partial charge in [0.2, 0.25) is 16.8 Å². The van der Waals surface area contributed by atoms with Crippen molar-refractivity contribution in [3.63, 3.8) is 0 Å². The lowest BCUT2D eigenvalue weighted by molar-refractivity contribution is -0.161. The predicted molar refractivity (Wildman–Crippen MR) is 147 cm³/mol. The summed E-state index contributed by atoms with van der Waals surface area (Å²) in [5.74, 6) is -5.80. The van der Waals surface area contributed by atoms with Crippen molar-refractivity contribution in [3.8, 4) is 17.1 Å². The maximum Gasteiger partial charge on any atom is 0.362 e. The minimum Gasteiger partial charge on any atom is -0.503 e. The number of H-pyrrole nitrogens is 1. The number of carboxylic acids is 1. The van der Waals surface area contributed by atoms with Crippen LogP contribution in [0.5, 0.6) is 5.75 Å². The van der Waals surface area contributed by atoms with Crippen LogP contribution < -0.4 is 21.8 Å². The summed E-state index contributed by atoms with van der Waals surface area (Å²) in [4.78, 5) is 73.0. The van der Waals surface area contributed by atoms with Gasteiger partial charge >= 0.3 is 16.3 Å². The summed E-state index contributed by atoms with van der Waals surface area (Å²) in [5, 5.41) is 31.6. The predicted octanol–water partition coefficient (Wildman–Crippen LogP) is -1.71. The smallest absolute Gasteiger partial charge is 0.362 e. The summed E-state index contributed by atoms with van der Waals surface area (Å²) in [6, 6.07) is -1.09. The van der Waals surface area contributed by atoms with Crippen molar-refractivity contribution in [2.75, 3.05) is 12.3 Å². The molecule has 8 N–H and O–H groups in total. The van der Waals surface area contributed by atoms with Gasteiger partial charge in [-0.1, -0.05) is 10.3 Å². The van der Waals surface area contributed by atoms with Crippen molar-refractivity contribution in [2.24, 2.45) is 5.16 Å². The molecule has 4 heterocycles. The lowest BCUT2D eigenvalue weighted by atomic mass is 9.98. The highest BCUT2D eigenvalue weighted by atomic mass is 32.2. The summed E-state index contributed by atoms with van der Waals surface area (Å²) < 4.78 is 38.2. The minimum absolute atomic E-state index is 0.00133. The molecule has 0 aromatic carbocycles. The first-order valence-electron chi connectivity index (χ1n) is 12.0. The van der Waals surface area contributed by atoms with Gasteiger partial charge in [0, 0.05) is 30.3 Å². The van der Waals surface area contributed by atoms with Crippen molar-refractivity contribution in [3.05, 3.63) is 45.4 Å². The maximum absolute atomic E-state index is 13.2. The number of β-lactam (4-membered cyclic amide) rings is 1. The number of aliphatic carboxylic acids is 1. The molecule has 1 fully saturated rings. The third kappa shape index (κ3) is 6.50. The van der Waals surface area contributed by atoms with Crippen molar-refractivity contribution in [1.29, 1.82) is 0 Å². The Hall–Kier alpha value is -5.35. The van der Waals surface area contributed by atoms with Gasteiger partial charge in [-0.25, -0.2) is 14.1 Å². The SMILES string of the molecule is CC(C)(ON=C(C(=O)N[C@@H]1C(=O)N(S(=O)(=O)O)[C@@H]1CNC(=O)c1cc(-c2cc(=O)c(O)c[nH]2)no1)c1csc(N)n1)C(=O)O. The average molecular weight is 655 g/mol. The number of oxime groups is 1. The van der Waals surface area contributed by atoms with Crippen molar-refractivity contribution < 1.29 is 51.7 Å². The Labute approximate surface area is 249 Å². The highest BCUT2D eigenvalue weighted by Gasteiger charge is 2.54. The molecule has 20 nitrogen and oxygen atoms in total. The Morgan fingerprint density at radius 2 is 2.00 bits per heavy atom. The second-order valence-corrected chi connectivity index (χ2v) is 11.6. The fourth-order valence-electron chi connectivity index (χ4n) is 3.58. The topological polar surface area (TPSA) is 310 Å². The Morgan fingerprint density at radius 3 is 2.59 bits per heavy atom. The van der Waals surface area contributed by atoms with Gasteiger partial charge < -0.3 is 40.9 Å². The molecule has 1 saturated heterocycles. The van der Waals surface area contributed by atoms with E-state index in [2.05, 4.69) is 30.9 Å². The van der Waals surface area contributed by atoms with E-state index in [1.807, 2.05) is 0 Å². The zero-order valence-electron chi connectivity index (χ0n) is 22.4. The monoisotopic (exact) mass is 654 g/mol. The van der Waals surface area contributed by atoms with E-state index in [4.69, 9.17) is 15.1 Å². The normalized spacial score (nSPS) is 17.1. The summed E-state index contributed by atoms with van der Waals surface area (Å²) in [6.45, 7) is 1.63. The number of pyridine rings is 1.